The molecule has 0 aliphatic heterocycles. The van der Waals surface area contributed by atoms with Crippen LogP contribution >= 0.6 is 34.7 Å². The number of unbranched alkanes of at least 4 members (excludes halogenated alkanes) is 1. The zero-order chi connectivity index (χ0) is 13.5. The number of nitrogens with one attached hydrogen (secondary N) is 1. The van der Waals surface area contributed by atoms with E-state index in [1.165, 1.54) is 12.8 Å². The van der Waals surface area contributed by atoms with Gasteiger partial charge in [-0.25, -0.2) is 0 Å². The van der Waals surface area contributed by atoms with Crippen LogP contribution in [0.25, 0.3) is 0 Å². The quantitative estimate of drug-likeness (QED) is 0.594. The molecule has 0 amide bonds. The molecule has 2 aromatic rings. The number of thioether (sulfide) groups is 1. The standard InChI is InChI=1S/C13H16ClN3S2/c1-2-3-8-18-13-17-16-12(19-13)15-9-10-6-4-5-7-11(10)14/h4-7H,2-3,8-9H2,1H3,(H,15,16). The largest absolute Gasteiger partial charge is 0.356 e. The molecule has 1 aromatic heterocycles. The van der Waals surface area contributed by atoms with Crippen LogP contribution in [0.2, 0.25) is 5.02 Å². The summed E-state index contributed by atoms with van der Waals surface area (Å²) in [6.45, 7) is 2.87. The van der Waals surface area contributed by atoms with E-state index in [1.807, 2.05) is 24.3 Å². The molecule has 0 aliphatic carbocycles. The van der Waals surface area contributed by atoms with Gasteiger partial charge in [-0.15, -0.1) is 10.2 Å². The van der Waals surface area contributed by atoms with Crippen molar-refractivity contribution in [2.45, 2.75) is 30.6 Å². The Labute approximate surface area is 126 Å². The second kappa shape index (κ2) is 7.72. The van der Waals surface area contributed by atoms with Crippen LogP contribution in [-0.4, -0.2) is 16.0 Å². The molecule has 0 bridgehead atoms. The summed E-state index contributed by atoms with van der Waals surface area (Å²) in [6, 6.07) is 7.81. The molecule has 0 spiro atoms. The number of nitrogens with zero attached hydrogens (tertiary/aromatic N) is 2. The Hall–Kier alpha value is -0.780. The van der Waals surface area contributed by atoms with Crippen LogP contribution < -0.4 is 5.32 Å². The van der Waals surface area contributed by atoms with Gasteiger partial charge in [0.1, 0.15) is 0 Å². The van der Waals surface area contributed by atoms with Crippen molar-refractivity contribution in [3.05, 3.63) is 34.9 Å². The van der Waals surface area contributed by atoms with Crippen LogP contribution in [0, 0.1) is 0 Å². The van der Waals surface area contributed by atoms with Gasteiger partial charge in [-0.05, 0) is 18.1 Å². The zero-order valence-corrected chi connectivity index (χ0v) is 13.1. The monoisotopic (exact) mass is 313 g/mol. The fraction of sp³-hybridized carbons (Fsp3) is 0.385. The second-order valence-corrected chi connectivity index (χ2v) is 6.75. The van der Waals surface area contributed by atoms with Crippen molar-refractivity contribution in [2.24, 2.45) is 0 Å². The number of hydrogen-bond acceptors (Lipinski definition) is 5. The summed E-state index contributed by atoms with van der Waals surface area (Å²) >= 11 is 9.47. The van der Waals surface area contributed by atoms with E-state index in [0.717, 1.165) is 25.8 Å². The van der Waals surface area contributed by atoms with Gasteiger partial charge in [0.25, 0.3) is 0 Å². The molecule has 2 rings (SSSR count). The molecule has 0 unspecified atom stereocenters. The summed E-state index contributed by atoms with van der Waals surface area (Å²) < 4.78 is 1.02. The van der Waals surface area contributed by atoms with Crippen LogP contribution in [0.15, 0.2) is 28.6 Å². The lowest BCUT2D eigenvalue weighted by atomic mass is 10.2. The SMILES string of the molecule is CCCCSc1nnc(NCc2ccccc2Cl)s1. The van der Waals surface area contributed by atoms with Gasteiger partial charge in [0, 0.05) is 17.3 Å². The number of benzene rings is 1. The molecule has 19 heavy (non-hydrogen) atoms. The maximum absolute atomic E-state index is 6.10. The van der Waals surface area contributed by atoms with Crippen molar-refractivity contribution in [1.29, 1.82) is 0 Å². The minimum atomic E-state index is 0.675. The Morgan fingerprint density at radius 2 is 2.16 bits per heavy atom. The van der Waals surface area contributed by atoms with Crippen LogP contribution in [-0.2, 0) is 6.54 Å². The number of hydrogen-bond donors (Lipinski definition) is 1. The summed E-state index contributed by atoms with van der Waals surface area (Å²) in [5, 5.41) is 13.2. The lowest BCUT2D eigenvalue weighted by molar-refractivity contribution is 0.894. The smallest absolute Gasteiger partial charge is 0.206 e. The summed E-state index contributed by atoms with van der Waals surface area (Å²) in [7, 11) is 0. The lowest BCUT2D eigenvalue weighted by Gasteiger charge is -2.03. The lowest BCUT2D eigenvalue weighted by Crippen LogP contribution is -1.99. The summed E-state index contributed by atoms with van der Waals surface area (Å²) in [5.41, 5.74) is 1.07. The highest BCUT2D eigenvalue weighted by atomic mass is 35.5. The van der Waals surface area contributed by atoms with Crippen LogP contribution in [0.5, 0.6) is 0 Å². The first-order valence-corrected chi connectivity index (χ1v) is 8.41. The molecule has 3 nitrogen and oxygen atoms in total. The van der Waals surface area contributed by atoms with E-state index in [4.69, 9.17) is 11.6 Å². The first-order chi connectivity index (χ1) is 9.29. The van der Waals surface area contributed by atoms with Gasteiger partial charge in [-0.3, -0.25) is 0 Å². The van der Waals surface area contributed by atoms with E-state index >= 15 is 0 Å². The topological polar surface area (TPSA) is 37.8 Å². The number of rotatable bonds is 7. The first-order valence-electron chi connectivity index (χ1n) is 6.23. The summed E-state index contributed by atoms with van der Waals surface area (Å²) in [6.07, 6.45) is 2.43. The third kappa shape index (κ3) is 4.67. The van der Waals surface area contributed by atoms with E-state index in [0.29, 0.717) is 6.54 Å². The molecule has 1 heterocycles. The third-order valence-corrected chi connectivity index (χ3v) is 4.99. The second-order valence-electron chi connectivity index (χ2n) is 4.02. The molecule has 1 aromatic carbocycles. The van der Waals surface area contributed by atoms with Crippen molar-refractivity contribution in [3.8, 4) is 0 Å². The normalized spacial score (nSPS) is 10.6. The van der Waals surface area contributed by atoms with Crippen molar-refractivity contribution in [3.63, 3.8) is 0 Å². The van der Waals surface area contributed by atoms with E-state index in [2.05, 4.69) is 22.4 Å². The molecule has 0 saturated carbocycles. The van der Waals surface area contributed by atoms with Crippen LogP contribution in [0.4, 0.5) is 5.13 Å². The van der Waals surface area contributed by atoms with Crippen molar-refractivity contribution >= 4 is 39.8 Å². The zero-order valence-electron chi connectivity index (χ0n) is 10.7. The first kappa shape index (κ1) is 14.6. The summed E-state index contributed by atoms with van der Waals surface area (Å²) in [5.74, 6) is 1.11. The highest BCUT2D eigenvalue weighted by Gasteiger charge is 2.05. The van der Waals surface area contributed by atoms with Gasteiger partial charge in [-0.1, -0.05) is 66.2 Å². The molecule has 0 saturated heterocycles. The molecule has 102 valence electrons. The molecular weight excluding hydrogens is 298 g/mol. The van der Waals surface area contributed by atoms with E-state index in [1.54, 1.807) is 23.1 Å². The minimum Gasteiger partial charge on any atom is -0.356 e. The maximum atomic E-state index is 6.10. The van der Waals surface area contributed by atoms with Crippen molar-refractivity contribution in [1.82, 2.24) is 10.2 Å². The predicted octanol–water partition coefficient (Wildman–Crippen LogP) is 4.70. The third-order valence-electron chi connectivity index (χ3n) is 2.52. The average Bonchev–Trinajstić information content (AvgIpc) is 2.86. The van der Waals surface area contributed by atoms with E-state index < -0.39 is 0 Å². The average molecular weight is 314 g/mol. The Morgan fingerprint density at radius 1 is 1.32 bits per heavy atom. The van der Waals surface area contributed by atoms with Gasteiger partial charge < -0.3 is 5.32 Å². The molecule has 1 N–H and O–H groups in total. The minimum absolute atomic E-state index is 0.675. The molecular formula is C13H16ClN3S2. The van der Waals surface area contributed by atoms with Crippen LogP contribution in [0.3, 0.4) is 0 Å². The molecule has 0 aliphatic rings. The number of anilines is 1. The fourth-order valence-corrected chi connectivity index (χ4v) is 3.56. The maximum Gasteiger partial charge on any atom is 0.206 e. The fourth-order valence-electron chi connectivity index (χ4n) is 1.46. The van der Waals surface area contributed by atoms with Gasteiger partial charge in [-0.2, -0.15) is 0 Å². The van der Waals surface area contributed by atoms with E-state index in [9.17, 15) is 0 Å². The summed E-state index contributed by atoms with van der Waals surface area (Å²) in [4.78, 5) is 0. The molecule has 6 heteroatoms. The number of aromatic nitrogens is 2. The van der Waals surface area contributed by atoms with Gasteiger partial charge >= 0.3 is 0 Å². The van der Waals surface area contributed by atoms with Gasteiger partial charge in [0.15, 0.2) is 4.34 Å². The van der Waals surface area contributed by atoms with Crippen LogP contribution in [0.1, 0.15) is 25.3 Å². The number of halogens is 1. The Morgan fingerprint density at radius 3 is 2.95 bits per heavy atom. The highest BCUT2D eigenvalue weighted by Crippen LogP contribution is 2.26. The molecule has 0 atom stereocenters. The Bertz CT molecular complexity index is 516. The molecule has 0 fully saturated rings. The highest BCUT2D eigenvalue weighted by molar-refractivity contribution is 8.01. The Balaban J connectivity index is 1.85. The van der Waals surface area contributed by atoms with Crippen molar-refractivity contribution < 1.29 is 0 Å². The van der Waals surface area contributed by atoms with Crippen molar-refractivity contribution in [2.75, 3.05) is 11.1 Å². The van der Waals surface area contributed by atoms with Gasteiger partial charge in [0.05, 0.1) is 0 Å². The van der Waals surface area contributed by atoms with Gasteiger partial charge in [0.2, 0.25) is 5.13 Å². The molecule has 0 radical (unpaired) electrons. The van der Waals surface area contributed by atoms with E-state index in [-0.39, 0.29) is 0 Å². The Kier molecular flexibility index (Phi) is 5.94. The predicted molar refractivity (Wildman–Crippen MR) is 84.3 cm³/mol.